The molecular formula is C18H28N2O6. The van der Waals surface area contributed by atoms with Crippen molar-refractivity contribution >= 4 is 18.0 Å². The van der Waals surface area contributed by atoms with Gasteiger partial charge in [0.2, 0.25) is 5.91 Å². The molecule has 2 rings (SSSR count). The van der Waals surface area contributed by atoms with E-state index in [1.165, 1.54) is 4.90 Å². The summed E-state index contributed by atoms with van der Waals surface area (Å²) < 4.78 is 10.4. The maximum absolute atomic E-state index is 12.8. The second-order valence-electron chi connectivity index (χ2n) is 7.77. The molecule has 1 saturated carbocycles. The summed E-state index contributed by atoms with van der Waals surface area (Å²) in [5.41, 5.74) is -1.86. The van der Waals surface area contributed by atoms with Crippen LogP contribution in [0, 0.1) is 5.92 Å². The quantitative estimate of drug-likeness (QED) is 0.554. The van der Waals surface area contributed by atoms with E-state index in [-0.39, 0.29) is 25.5 Å². The Morgan fingerprint density at radius 2 is 2.04 bits per heavy atom. The molecule has 8 heteroatoms. The molecule has 0 spiro atoms. The smallest absolute Gasteiger partial charge is 0.411 e. The number of amides is 2. The molecule has 8 nitrogen and oxygen atoms in total. The lowest BCUT2D eigenvalue weighted by atomic mass is 10.1. The topological polar surface area (TPSA) is 105 Å². The molecule has 1 heterocycles. The molecule has 0 aromatic carbocycles. The van der Waals surface area contributed by atoms with Crippen LogP contribution in [-0.2, 0) is 19.1 Å². The second-order valence-corrected chi connectivity index (χ2v) is 7.77. The van der Waals surface area contributed by atoms with Gasteiger partial charge in [0, 0.05) is 12.3 Å². The number of nitrogens with one attached hydrogen (secondary N) is 1. The Kier molecular flexibility index (Phi) is 5.65. The minimum absolute atomic E-state index is 0.00426. The average molecular weight is 368 g/mol. The van der Waals surface area contributed by atoms with Crippen molar-refractivity contribution in [1.29, 1.82) is 0 Å². The molecule has 1 aliphatic heterocycles. The highest BCUT2D eigenvalue weighted by Gasteiger charge is 2.62. The lowest BCUT2D eigenvalue weighted by Gasteiger charge is -2.29. The number of ether oxygens (including phenoxy) is 2. The summed E-state index contributed by atoms with van der Waals surface area (Å²) in [6, 6.07) is -0.905. The molecular weight excluding hydrogens is 340 g/mol. The van der Waals surface area contributed by atoms with Gasteiger partial charge in [-0.1, -0.05) is 6.08 Å². The van der Waals surface area contributed by atoms with Gasteiger partial charge in [-0.3, -0.25) is 9.69 Å². The van der Waals surface area contributed by atoms with Crippen LogP contribution >= 0.6 is 0 Å². The molecule has 1 saturated heterocycles. The summed E-state index contributed by atoms with van der Waals surface area (Å²) in [7, 11) is 0. The first kappa shape index (κ1) is 20.2. The van der Waals surface area contributed by atoms with Crippen molar-refractivity contribution in [2.24, 2.45) is 5.92 Å². The van der Waals surface area contributed by atoms with Crippen molar-refractivity contribution in [1.82, 2.24) is 10.2 Å². The Hall–Kier alpha value is -2.09. The van der Waals surface area contributed by atoms with Crippen LogP contribution in [0.2, 0.25) is 0 Å². The number of nitrogens with zero attached hydrogens (tertiary/aromatic N) is 1. The minimum Gasteiger partial charge on any atom is -0.464 e. The van der Waals surface area contributed by atoms with Gasteiger partial charge in [-0.2, -0.15) is 0 Å². The first-order valence-electron chi connectivity index (χ1n) is 8.83. The minimum atomic E-state index is -1.14. The van der Waals surface area contributed by atoms with E-state index in [1.54, 1.807) is 33.8 Å². The monoisotopic (exact) mass is 368 g/mol. The summed E-state index contributed by atoms with van der Waals surface area (Å²) >= 11 is 0. The van der Waals surface area contributed by atoms with Crippen LogP contribution < -0.4 is 5.32 Å². The zero-order valence-corrected chi connectivity index (χ0v) is 15.8. The molecule has 0 bridgehead atoms. The van der Waals surface area contributed by atoms with E-state index >= 15 is 0 Å². The summed E-state index contributed by atoms with van der Waals surface area (Å²) in [6.07, 6.45) is 0.597. The van der Waals surface area contributed by atoms with E-state index in [0.717, 1.165) is 0 Å². The fourth-order valence-corrected chi connectivity index (χ4v) is 3.15. The third kappa shape index (κ3) is 4.17. The first-order valence-corrected chi connectivity index (χ1v) is 8.83. The van der Waals surface area contributed by atoms with Crippen LogP contribution in [0.15, 0.2) is 12.7 Å². The van der Waals surface area contributed by atoms with Crippen LogP contribution in [-0.4, -0.2) is 64.4 Å². The van der Waals surface area contributed by atoms with Crippen LogP contribution in [0.1, 0.15) is 40.5 Å². The van der Waals surface area contributed by atoms with Gasteiger partial charge in [0.1, 0.15) is 17.2 Å². The third-order valence-electron chi connectivity index (χ3n) is 4.49. The third-order valence-corrected chi connectivity index (χ3v) is 4.49. The van der Waals surface area contributed by atoms with E-state index in [1.807, 2.05) is 0 Å². The number of carbonyl (C=O) groups excluding carboxylic acids is 3. The molecule has 0 radical (unpaired) electrons. The Balaban J connectivity index is 2.12. The van der Waals surface area contributed by atoms with Gasteiger partial charge in [-0.15, -0.1) is 6.58 Å². The lowest BCUT2D eigenvalue weighted by molar-refractivity contribution is -0.149. The molecule has 26 heavy (non-hydrogen) atoms. The molecule has 2 aliphatic rings. The van der Waals surface area contributed by atoms with Gasteiger partial charge in [0.15, 0.2) is 0 Å². The molecule has 2 N–H and O–H groups in total. The number of likely N-dealkylation sites (tertiary alicyclic amines) is 1. The molecule has 4 atom stereocenters. The number of carbonyl (C=O) groups is 3. The second kappa shape index (κ2) is 7.26. The van der Waals surface area contributed by atoms with E-state index in [0.29, 0.717) is 6.42 Å². The van der Waals surface area contributed by atoms with Crippen molar-refractivity contribution < 1.29 is 29.0 Å². The Bertz CT molecular complexity index is 599. The number of hydrogen-bond donors (Lipinski definition) is 2. The van der Waals surface area contributed by atoms with Crippen molar-refractivity contribution in [3.8, 4) is 0 Å². The Labute approximate surface area is 153 Å². The molecule has 2 fully saturated rings. The first-order chi connectivity index (χ1) is 12.0. The standard InChI is InChI=1S/C18H28N2O6/c1-6-11-9-18(11,15(23)25-7-2)19-14(22)13-8-12(21)10-20(13)16(24)26-17(3,4)5/h6,11-13,21H,1,7-10H2,2-5H3,(H,19,22)/t11-,12+,13-,18+/m0/s1. The molecule has 0 unspecified atom stereocenters. The van der Waals surface area contributed by atoms with Crippen LogP contribution in [0.3, 0.4) is 0 Å². The van der Waals surface area contributed by atoms with E-state index in [9.17, 15) is 19.5 Å². The number of aliphatic hydroxyl groups is 1. The van der Waals surface area contributed by atoms with Crippen molar-refractivity contribution in [3.63, 3.8) is 0 Å². The maximum atomic E-state index is 12.8. The highest BCUT2D eigenvalue weighted by Crippen LogP contribution is 2.45. The van der Waals surface area contributed by atoms with Crippen molar-refractivity contribution in [2.45, 2.75) is 63.8 Å². The van der Waals surface area contributed by atoms with Gasteiger partial charge < -0.3 is 19.9 Å². The van der Waals surface area contributed by atoms with Gasteiger partial charge in [-0.25, -0.2) is 9.59 Å². The van der Waals surface area contributed by atoms with Gasteiger partial charge in [0.25, 0.3) is 0 Å². The fraction of sp³-hybridized carbons (Fsp3) is 0.722. The van der Waals surface area contributed by atoms with E-state index < -0.39 is 41.3 Å². The van der Waals surface area contributed by atoms with Crippen LogP contribution in [0.4, 0.5) is 4.79 Å². The number of hydrogen-bond acceptors (Lipinski definition) is 6. The van der Waals surface area contributed by atoms with Crippen molar-refractivity contribution in [2.75, 3.05) is 13.2 Å². The summed E-state index contributed by atoms with van der Waals surface area (Å²) in [6.45, 7) is 10.7. The summed E-state index contributed by atoms with van der Waals surface area (Å²) in [5, 5.41) is 12.7. The fourth-order valence-electron chi connectivity index (χ4n) is 3.15. The highest BCUT2D eigenvalue weighted by molar-refractivity contribution is 5.95. The number of esters is 1. The predicted octanol–water partition coefficient (Wildman–Crippen LogP) is 0.981. The molecule has 0 aromatic rings. The van der Waals surface area contributed by atoms with E-state index in [4.69, 9.17) is 9.47 Å². The molecule has 146 valence electrons. The van der Waals surface area contributed by atoms with Gasteiger partial charge >= 0.3 is 12.1 Å². The SMILES string of the molecule is C=C[C@H]1C[C@]1(NC(=O)[C@@H]1C[C@@H](O)CN1C(=O)OC(C)(C)C)C(=O)OCC. The number of aliphatic hydroxyl groups excluding tert-OH is 1. The molecule has 0 aromatic heterocycles. The molecule has 2 amide bonds. The van der Waals surface area contributed by atoms with E-state index in [2.05, 4.69) is 11.9 Å². The average Bonchev–Trinajstić information content (AvgIpc) is 3.09. The zero-order valence-electron chi connectivity index (χ0n) is 15.8. The number of β-amino-alcohol motifs (C(OH)–C–C–N with tert-alkyl or cyclic N) is 1. The van der Waals surface area contributed by atoms with Gasteiger partial charge in [-0.05, 0) is 34.1 Å². The van der Waals surface area contributed by atoms with Crippen LogP contribution in [0.5, 0.6) is 0 Å². The Morgan fingerprint density at radius 3 is 2.54 bits per heavy atom. The zero-order chi connectivity index (χ0) is 19.7. The maximum Gasteiger partial charge on any atom is 0.411 e. The Morgan fingerprint density at radius 1 is 1.38 bits per heavy atom. The summed E-state index contributed by atoms with van der Waals surface area (Å²) in [4.78, 5) is 38.6. The molecule has 1 aliphatic carbocycles. The lowest BCUT2D eigenvalue weighted by Crippen LogP contribution is -2.53. The number of rotatable bonds is 5. The predicted molar refractivity (Wildman–Crippen MR) is 93.2 cm³/mol. The van der Waals surface area contributed by atoms with Crippen molar-refractivity contribution in [3.05, 3.63) is 12.7 Å². The van der Waals surface area contributed by atoms with Crippen LogP contribution in [0.25, 0.3) is 0 Å². The highest BCUT2D eigenvalue weighted by atomic mass is 16.6. The van der Waals surface area contributed by atoms with Gasteiger partial charge in [0.05, 0.1) is 19.3 Å². The summed E-state index contributed by atoms with van der Waals surface area (Å²) in [5.74, 6) is -1.24. The largest absolute Gasteiger partial charge is 0.464 e. The normalized spacial score (nSPS) is 30.5.